The zero-order chi connectivity index (χ0) is 10.8. The quantitative estimate of drug-likeness (QED) is 0.275. The lowest BCUT2D eigenvalue weighted by molar-refractivity contribution is 0.144. The van der Waals surface area contributed by atoms with Gasteiger partial charge >= 0.3 is 0 Å². The van der Waals surface area contributed by atoms with Gasteiger partial charge in [-0.15, -0.1) is 6.58 Å². The summed E-state index contributed by atoms with van der Waals surface area (Å²) in [4.78, 5) is 2.96. The Morgan fingerprint density at radius 1 is 1.50 bits per heavy atom. The Morgan fingerprint density at radius 3 is 2.64 bits per heavy atom. The maximum Gasteiger partial charge on any atom is 0.0470 e. The minimum Gasteiger partial charge on any atom is -0.103 e. The van der Waals surface area contributed by atoms with Crippen LogP contribution in [-0.4, -0.2) is 5.54 Å². The van der Waals surface area contributed by atoms with E-state index in [4.69, 9.17) is 5.53 Å². The third-order valence-electron chi connectivity index (χ3n) is 3.17. The summed E-state index contributed by atoms with van der Waals surface area (Å²) in [6.45, 7) is 10.3. The number of hydrogen-bond donors (Lipinski definition) is 0. The number of azide groups is 1. The van der Waals surface area contributed by atoms with Gasteiger partial charge in [0, 0.05) is 10.5 Å². The molecule has 0 aliphatic heterocycles. The molecule has 0 saturated heterocycles. The fourth-order valence-electron chi connectivity index (χ4n) is 2.97. The number of nitrogens with zero attached hydrogens (tertiary/aromatic N) is 3. The van der Waals surface area contributed by atoms with Crippen LogP contribution < -0.4 is 0 Å². The molecule has 0 radical (unpaired) electrons. The van der Waals surface area contributed by atoms with Gasteiger partial charge in [-0.05, 0) is 36.1 Å². The molecule has 14 heavy (non-hydrogen) atoms. The fraction of sp³-hybridized carbons (Fsp3) is 0.818. The van der Waals surface area contributed by atoms with Gasteiger partial charge < -0.3 is 0 Å². The van der Waals surface area contributed by atoms with Gasteiger partial charge in [0.05, 0.1) is 0 Å². The third-order valence-corrected chi connectivity index (χ3v) is 3.17. The largest absolute Gasteiger partial charge is 0.103 e. The van der Waals surface area contributed by atoms with Crippen molar-refractivity contribution in [3.05, 3.63) is 23.1 Å². The van der Waals surface area contributed by atoms with Crippen molar-refractivity contribution in [2.75, 3.05) is 0 Å². The highest BCUT2D eigenvalue weighted by molar-refractivity contribution is 5.04. The SMILES string of the molecule is C=C[C@@]1(C)C[C@H](C)C[C@](C)(N=[N+]=[N-])C1. The molecule has 78 valence electrons. The van der Waals surface area contributed by atoms with Gasteiger partial charge in [-0.3, -0.25) is 0 Å². The van der Waals surface area contributed by atoms with E-state index in [-0.39, 0.29) is 11.0 Å². The minimum atomic E-state index is -0.227. The molecule has 1 aliphatic rings. The standard InChI is InChI=1S/C11H19N3/c1-5-10(3)6-9(2)7-11(4,8-10)13-14-12/h5,9H,1,6-8H2,2-4H3/t9-,10-,11-/m0/s1. The van der Waals surface area contributed by atoms with Crippen molar-refractivity contribution in [2.24, 2.45) is 16.4 Å². The first kappa shape index (κ1) is 11.1. The summed E-state index contributed by atoms with van der Waals surface area (Å²) in [6.07, 6.45) is 5.05. The van der Waals surface area contributed by atoms with Gasteiger partial charge in [0.1, 0.15) is 0 Å². The van der Waals surface area contributed by atoms with Crippen molar-refractivity contribution in [1.82, 2.24) is 0 Å². The molecule has 3 nitrogen and oxygen atoms in total. The molecule has 1 saturated carbocycles. The highest BCUT2D eigenvalue weighted by Gasteiger charge is 2.40. The molecule has 0 bridgehead atoms. The predicted octanol–water partition coefficient (Wildman–Crippen LogP) is 4.07. The van der Waals surface area contributed by atoms with Crippen molar-refractivity contribution < 1.29 is 0 Å². The summed E-state index contributed by atoms with van der Waals surface area (Å²) >= 11 is 0. The highest BCUT2D eigenvalue weighted by Crippen LogP contribution is 2.46. The molecular weight excluding hydrogens is 174 g/mol. The Kier molecular flexibility index (Phi) is 2.91. The molecule has 0 spiro atoms. The zero-order valence-corrected chi connectivity index (χ0v) is 9.32. The van der Waals surface area contributed by atoms with Gasteiger partial charge in [-0.25, -0.2) is 0 Å². The van der Waals surface area contributed by atoms with Crippen LogP contribution in [0, 0.1) is 11.3 Å². The van der Waals surface area contributed by atoms with Crippen LogP contribution in [0.3, 0.4) is 0 Å². The third kappa shape index (κ3) is 2.30. The number of hydrogen-bond acceptors (Lipinski definition) is 1. The first-order valence-electron chi connectivity index (χ1n) is 5.13. The van der Waals surface area contributed by atoms with Gasteiger partial charge in [-0.1, -0.05) is 32.0 Å². The molecule has 0 unspecified atom stereocenters. The van der Waals surface area contributed by atoms with E-state index in [0.717, 1.165) is 19.3 Å². The first-order valence-corrected chi connectivity index (χ1v) is 5.13. The summed E-state index contributed by atoms with van der Waals surface area (Å²) < 4.78 is 0. The van der Waals surface area contributed by atoms with E-state index in [1.807, 2.05) is 13.0 Å². The summed E-state index contributed by atoms with van der Waals surface area (Å²) in [7, 11) is 0. The molecule has 0 amide bonds. The van der Waals surface area contributed by atoms with Crippen molar-refractivity contribution in [1.29, 1.82) is 0 Å². The second kappa shape index (κ2) is 3.66. The van der Waals surface area contributed by atoms with E-state index >= 15 is 0 Å². The van der Waals surface area contributed by atoms with Crippen molar-refractivity contribution in [3.8, 4) is 0 Å². The molecule has 3 heteroatoms. The van der Waals surface area contributed by atoms with Crippen molar-refractivity contribution in [3.63, 3.8) is 0 Å². The molecule has 0 N–H and O–H groups in total. The molecular formula is C11H19N3. The Morgan fingerprint density at radius 2 is 2.14 bits per heavy atom. The Labute approximate surface area is 85.8 Å². The zero-order valence-electron chi connectivity index (χ0n) is 9.32. The number of rotatable bonds is 2. The first-order chi connectivity index (χ1) is 6.43. The van der Waals surface area contributed by atoms with E-state index in [2.05, 4.69) is 30.5 Å². The molecule has 1 rings (SSSR count). The lowest BCUT2D eigenvalue weighted by Gasteiger charge is -2.43. The highest BCUT2D eigenvalue weighted by atomic mass is 15.2. The topological polar surface area (TPSA) is 48.8 Å². The summed E-state index contributed by atoms with van der Waals surface area (Å²) in [5, 5.41) is 3.94. The lowest BCUT2D eigenvalue weighted by Crippen LogP contribution is -2.38. The van der Waals surface area contributed by atoms with E-state index in [9.17, 15) is 0 Å². The van der Waals surface area contributed by atoms with E-state index in [1.54, 1.807) is 0 Å². The average Bonchev–Trinajstić information content (AvgIpc) is 2.01. The normalized spacial score (nSPS) is 42.6. The molecule has 1 aliphatic carbocycles. The average molecular weight is 193 g/mol. The van der Waals surface area contributed by atoms with Crippen molar-refractivity contribution >= 4 is 0 Å². The van der Waals surface area contributed by atoms with Gasteiger partial charge in [0.25, 0.3) is 0 Å². The second-order valence-corrected chi connectivity index (χ2v) is 5.23. The van der Waals surface area contributed by atoms with Crippen molar-refractivity contribution in [2.45, 2.75) is 45.6 Å². The molecule has 0 aromatic rings. The van der Waals surface area contributed by atoms with E-state index < -0.39 is 0 Å². The second-order valence-electron chi connectivity index (χ2n) is 5.23. The summed E-state index contributed by atoms with van der Waals surface area (Å²) in [6, 6.07) is 0. The Hall–Kier alpha value is -0.950. The molecule has 1 fully saturated rings. The smallest absolute Gasteiger partial charge is 0.0470 e. The van der Waals surface area contributed by atoms with Crippen LogP contribution >= 0.6 is 0 Å². The van der Waals surface area contributed by atoms with E-state index in [0.29, 0.717) is 5.92 Å². The minimum absolute atomic E-state index is 0.126. The predicted molar refractivity (Wildman–Crippen MR) is 58.9 cm³/mol. The Balaban J connectivity index is 2.92. The van der Waals surface area contributed by atoms with Crippen LogP contribution in [0.5, 0.6) is 0 Å². The summed E-state index contributed by atoms with van der Waals surface area (Å²) in [5.41, 5.74) is 8.44. The van der Waals surface area contributed by atoms with Gasteiger partial charge in [0.15, 0.2) is 0 Å². The molecule has 0 aromatic carbocycles. The maximum atomic E-state index is 8.55. The Bertz CT molecular complexity index is 280. The van der Waals surface area contributed by atoms with Crippen LogP contribution in [0.1, 0.15) is 40.0 Å². The molecule has 0 aromatic heterocycles. The van der Waals surface area contributed by atoms with Gasteiger partial charge in [-0.2, -0.15) is 0 Å². The maximum absolute atomic E-state index is 8.55. The van der Waals surface area contributed by atoms with Crippen LogP contribution in [-0.2, 0) is 0 Å². The van der Waals surface area contributed by atoms with Crippen LogP contribution in [0.2, 0.25) is 0 Å². The van der Waals surface area contributed by atoms with Crippen LogP contribution in [0.4, 0.5) is 0 Å². The van der Waals surface area contributed by atoms with Crippen LogP contribution in [0.25, 0.3) is 10.4 Å². The molecule has 3 atom stereocenters. The fourth-order valence-corrected chi connectivity index (χ4v) is 2.97. The van der Waals surface area contributed by atoms with Gasteiger partial charge in [0.2, 0.25) is 0 Å². The van der Waals surface area contributed by atoms with Crippen LogP contribution in [0.15, 0.2) is 17.8 Å². The van der Waals surface area contributed by atoms with E-state index in [1.165, 1.54) is 0 Å². The molecule has 0 heterocycles. The monoisotopic (exact) mass is 193 g/mol. The summed E-state index contributed by atoms with van der Waals surface area (Å²) in [5.74, 6) is 0.599. The number of allylic oxidation sites excluding steroid dienone is 1. The lowest BCUT2D eigenvalue weighted by atomic mass is 9.64.